The van der Waals surface area contributed by atoms with E-state index < -0.39 is 0 Å². The monoisotopic (exact) mass is 478 g/mol. The minimum atomic E-state index is -0.384. The number of fused-ring (bicyclic) bond motifs is 1. The highest BCUT2D eigenvalue weighted by Crippen LogP contribution is 2.35. The molecule has 0 unspecified atom stereocenters. The summed E-state index contributed by atoms with van der Waals surface area (Å²) in [6.45, 7) is 1.57. The van der Waals surface area contributed by atoms with E-state index in [2.05, 4.69) is 6.07 Å². The van der Waals surface area contributed by atoms with Gasteiger partial charge in [0.1, 0.15) is 13.2 Å². The summed E-state index contributed by atoms with van der Waals surface area (Å²) in [5.41, 5.74) is 6.37. The fourth-order valence-electron chi connectivity index (χ4n) is 4.25. The van der Waals surface area contributed by atoms with E-state index in [-0.39, 0.29) is 10.6 Å². The summed E-state index contributed by atoms with van der Waals surface area (Å²) in [6.07, 6.45) is 1.41. The molecule has 1 aliphatic rings. The molecule has 0 saturated heterocycles. The van der Waals surface area contributed by atoms with E-state index in [1.165, 1.54) is 12.1 Å². The number of hydrogen-bond acceptors (Lipinski definition) is 5. The topological polar surface area (TPSA) is 74.0 Å². The Morgan fingerprint density at radius 3 is 1.92 bits per heavy atom. The molecule has 6 nitrogen and oxygen atoms in total. The van der Waals surface area contributed by atoms with Gasteiger partial charge in [0.05, 0.1) is 4.92 Å². The molecule has 0 radical (unpaired) electrons. The van der Waals surface area contributed by atoms with Gasteiger partial charge in [-0.3, -0.25) is 15.1 Å². The lowest BCUT2D eigenvalue weighted by Gasteiger charge is -2.21. The molecule has 180 valence electrons. The van der Waals surface area contributed by atoms with Crippen molar-refractivity contribution in [2.24, 2.45) is 4.99 Å². The van der Waals surface area contributed by atoms with E-state index in [0.29, 0.717) is 37.7 Å². The van der Waals surface area contributed by atoms with Crippen molar-refractivity contribution >= 4 is 11.4 Å². The predicted molar refractivity (Wildman–Crippen MR) is 140 cm³/mol. The smallest absolute Gasteiger partial charge is 0.269 e. The second-order valence-electron chi connectivity index (χ2n) is 8.68. The number of nitro benzene ring substituents is 1. The molecule has 1 heterocycles. The molecule has 0 amide bonds. The van der Waals surface area contributed by atoms with Crippen molar-refractivity contribution in [2.45, 2.75) is 26.1 Å². The largest absolute Gasteiger partial charge is 0.485 e. The molecular weight excluding hydrogens is 452 g/mol. The molecule has 0 aromatic heterocycles. The Morgan fingerprint density at radius 2 is 1.33 bits per heavy atom. The van der Waals surface area contributed by atoms with Gasteiger partial charge in [-0.2, -0.15) is 0 Å². The van der Waals surface area contributed by atoms with Crippen molar-refractivity contribution in [3.05, 3.63) is 135 Å². The minimum absolute atomic E-state index is 0.0848. The molecule has 36 heavy (non-hydrogen) atoms. The highest BCUT2D eigenvalue weighted by molar-refractivity contribution is 6.04. The van der Waals surface area contributed by atoms with Gasteiger partial charge in [-0.15, -0.1) is 0 Å². The van der Waals surface area contributed by atoms with E-state index >= 15 is 0 Å². The van der Waals surface area contributed by atoms with Gasteiger partial charge in [-0.05, 0) is 40.8 Å². The first kappa shape index (κ1) is 23.3. The first-order chi connectivity index (χ1) is 17.7. The van der Waals surface area contributed by atoms with Crippen molar-refractivity contribution < 1.29 is 14.4 Å². The zero-order valence-electron chi connectivity index (χ0n) is 19.8. The Bertz CT molecular complexity index is 1370. The Hall–Kier alpha value is -4.45. The second-order valence-corrected chi connectivity index (χ2v) is 8.68. The molecule has 0 atom stereocenters. The lowest BCUT2D eigenvalue weighted by Crippen LogP contribution is -2.16. The zero-order chi connectivity index (χ0) is 24.7. The fraction of sp³-hybridized carbons (Fsp3) is 0.167. The lowest BCUT2D eigenvalue weighted by molar-refractivity contribution is -0.384. The van der Waals surface area contributed by atoms with Gasteiger partial charge in [-0.25, -0.2) is 0 Å². The molecule has 0 saturated carbocycles. The maximum Gasteiger partial charge on any atom is 0.269 e. The third-order valence-corrected chi connectivity index (χ3v) is 6.16. The van der Waals surface area contributed by atoms with Crippen LogP contribution in [0.4, 0.5) is 5.69 Å². The van der Waals surface area contributed by atoms with Crippen molar-refractivity contribution in [1.29, 1.82) is 0 Å². The molecule has 5 rings (SSSR count). The zero-order valence-corrected chi connectivity index (χ0v) is 19.8. The third-order valence-electron chi connectivity index (χ3n) is 6.16. The highest BCUT2D eigenvalue weighted by Gasteiger charge is 2.20. The number of benzene rings is 4. The van der Waals surface area contributed by atoms with E-state index in [1.54, 1.807) is 12.1 Å². The summed E-state index contributed by atoms with van der Waals surface area (Å²) in [5.74, 6) is 1.39. The molecule has 0 fully saturated rings. The second kappa shape index (κ2) is 10.9. The number of nitro groups is 1. The minimum Gasteiger partial charge on any atom is -0.485 e. The predicted octanol–water partition coefficient (Wildman–Crippen LogP) is 6.34. The molecule has 1 aliphatic heterocycles. The molecule has 4 aromatic carbocycles. The van der Waals surface area contributed by atoms with Crippen molar-refractivity contribution in [2.75, 3.05) is 6.54 Å². The van der Waals surface area contributed by atoms with Gasteiger partial charge < -0.3 is 9.47 Å². The number of nitrogens with zero attached hydrogens (tertiary/aromatic N) is 2. The van der Waals surface area contributed by atoms with Crippen LogP contribution in [0.1, 0.15) is 27.8 Å². The van der Waals surface area contributed by atoms with E-state index in [9.17, 15) is 10.1 Å². The Labute approximate surface area is 210 Å². The van der Waals surface area contributed by atoms with Crippen molar-refractivity contribution in [3.8, 4) is 11.5 Å². The Morgan fingerprint density at radius 1 is 0.750 bits per heavy atom. The summed E-state index contributed by atoms with van der Waals surface area (Å²) in [6, 6.07) is 30.9. The van der Waals surface area contributed by atoms with E-state index in [4.69, 9.17) is 14.5 Å². The normalized spacial score (nSPS) is 12.4. The van der Waals surface area contributed by atoms with Crippen LogP contribution in [0.15, 0.2) is 102 Å². The number of non-ortho nitro benzene ring substituents is 1. The van der Waals surface area contributed by atoms with E-state index in [1.807, 2.05) is 66.7 Å². The van der Waals surface area contributed by atoms with Gasteiger partial charge >= 0.3 is 0 Å². The number of hydrogen-bond donors (Lipinski definition) is 0. The Balaban J connectivity index is 1.42. The molecule has 4 aromatic rings. The van der Waals surface area contributed by atoms with Gasteiger partial charge in [0.15, 0.2) is 11.5 Å². The average Bonchev–Trinajstić information content (AvgIpc) is 2.92. The maximum absolute atomic E-state index is 11.0. The van der Waals surface area contributed by atoms with Crippen molar-refractivity contribution in [1.82, 2.24) is 0 Å². The molecule has 0 N–H and O–H groups in total. The average molecular weight is 479 g/mol. The standard InChI is InChI=1S/C30H26N2O4/c33-32(34)26-13-11-22(12-14-26)17-28-27-19-30(36-21-24-9-5-2-6-10-24)29(18-25(27)15-16-31-28)35-20-23-7-3-1-4-8-23/h1-14,18-19H,15-17,20-21H2. The van der Waals surface area contributed by atoms with Gasteiger partial charge in [0.25, 0.3) is 5.69 Å². The molecule has 0 aliphatic carbocycles. The molecular formula is C30H26N2O4. The summed E-state index contributed by atoms with van der Waals surface area (Å²) < 4.78 is 12.5. The van der Waals surface area contributed by atoms with Gasteiger partial charge in [-0.1, -0.05) is 72.8 Å². The molecule has 0 spiro atoms. The van der Waals surface area contributed by atoms with Crippen LogP contribution in [0.3, 0.4) is 0 Å². The third kappa shape index (κ3) is 5.61. The van der Waals surface area contributed by atoms with Gasteiger partial charge in [0, 0.05) is 36.4 Å². The van der Waals surface area contributed by atoms with Gasteiger partial charge in [0.2, 0.25) is 0 Å². The first-order valence-corrected chi connectivity index (χ1v) is 11.9. The molecule has 0 bridgehead atoms. The lowest BCUT2D eigenvalue weighted by atomic mass is 9.93. The summed E-state index contributed by atoms with van der Waals surface area (Å²) in [7, 11) is 0. The number of aliphatic imine (C=N–C) groups is 1. The fourth-order valence-corrected chi connectivity index (χ4v) is 4.25. The summed E-state index contributed by atoms with van der Waals surface area (Å²) in [4.78, 5) is 15.4. The van der Waals surface area contributed by atoms with E-state index in [0.717, 1.165) is 39.9 Å². The SMILES string of the molecule is O=[N+]([O-])c1ccc(CC2=NCCc3cc(OCc4ccccc4)c(OCc4ccccc4)cc32)cc1. The van der Waals surface area contributed by atoms with Crippen LogP contribution in [0, 0.1) is 10.1 Å². The van der Waals surface area contributed by atoms with Crippen LogP contribution in [0.25, 0.3) is 0 Å². The number of rotatable bonds is 9. The van der Waals surface area contributed by atoms with Crippen LogP contribution < -0.4 is 9.47 Å². The van der Waals surface area contributed by atoms with Crippen molar-refractivity contribution in [3.63, 3.8) is 0 Å². The van der Waals surface area contributed by atoms with Crippen LogP contribution in [-0.4, -0.2) is 17.2 Å². The number of ether oxygens (including phenoxy) is 2. The summed E-state index contributed by atoms with van der Waals surface area (Å²) >= 11 is 0. The molecule has 6 heteroatoms. The van der Waals surface area contributed by atoms with Crippen LogP contribution in [0.2, 0.25) is 0 Å². The maximum atomic E-state index is 11.0. The first-order valence-electron chi connectivity index (χ1n) is 11.9. The van der Waals surface area contributed by atoms with Crippen LogP contribution in [0.5, 0.6) is 11.5 Å². The Kier molecular flexibility index (Phi) is 7.03. The van der Waals surface area contributed by atoms with Crippen LogP contribution in [-0.2, 0) is 26.1 Å². The highest BCUT2D eigenvalue weighted by atomic mass is 16.6. The quantitative estimate of drug-likeness (QED) is 0.208. The van der Waals surface area contributed by atoms with Crippen LogP contribution >= 0.6 is 0 Å². The summed E-state index contributed by atoms with van der Waals surface area (Å²) in [5, 5.41) is 11.0.